The smallest absolute Gasteiger partial charge is 0.255 e. The number of amides is 2. The van der Waals surface area contributed by atoms with Crippen molar-refractivity contribution in [2.24, 2.45) is 5.92 Å². The minimum absolute atomic E-state index is 0.170. The third-order valence-electron chi connectivity index (χ3n) is 7.88. The summed E-state index contributed by atoms with van der Waals surface area (Å²) < 4.78 is 39.9. The van der Waals surface area contributed by atoms with Crippen molar-refractivity contribution in [3.8, 4) is 11.5 Å². The van der Waals surface area contributed by atoms with Crippen molar-refractivity contribution in [2.75, 3.05) is 19.6 Å². The fourth-order valence-electron chi connectivity index (χ4n) is 5.74. The molecule has 3 aromatic heterocycles. The highest BCUT2D eigenvalue weighted by Crippen LogP contribution is 2.42. The van der Waals surface area contributed by atoms with E-state index >= 15 is 0 Å². The standard InChI is InChI=1S/C29H30F2N4O5/c1-16-21(27(37)34-9-7-28(3,38)15-34)14-35-25(16)22(6-8-33-35)40-19-4-5-20-23(10-19)39-17(2)24(20)26(36)32-13-18-11-29(30,31)12-18/h4-6,8,10,14,18,38H,7,9,11-13,15H2,1-3H3,(H,32,36)/t28-/m1/s1. The molecule has 2 N–H and O–H groups in total. The molecule has 2 amide bonds. The summed E-state index contributed by atoms with van der Waals surface area (Å²) >= 11 is 0. The molecule has 0 unspecified atom stereocenters. The quantitative estimate of drug-likeness (QED) is 0.354. The maximum absolute atomic E-state index is 13.2. The van der Waals surface area contributed by atoms with Crippen molar-refractivity contribution in [3.63, 3.8) is 0 Å². The molecule has 0 radical (unpaired) electrons. The van der Waals surface area contributed by atoms with Gasteiger partial charge < -0.3 is 24.5 Å². The SMILES string of the molecule is Cc1oc2cc(Oc3ccnn4cc(C(=O)N5CC[C@@](C)(O)C5)c(C)c34)ccc2c1C(=O)NCC1CC(F)(F)C1. The number of hydrogen-bond donors (Lipinski definition) is 2. The summed E-state index contributed by atoms with van der Waals surface area (Å²) in [4.78, 5) is 27.7. The molecular weight excluding hydrogens is 522 g/mol. The minimum Gasteiger partial charge on any atom is -0.460 e. The van der Waals surface area contributed by atoms with E-state index in [-0.39, 0.29) is 43.7 Å². The molecule has 4 heterocycles. The predicted octanol–water partition coefficient (Wildman–Crippen LogP) is 4.86. The lowest BCUT2D eigenvalue weighted by Gasteiger charge is -2.34. The molecule has 4 aromatic rings. The number of halogens is 2. The minimum atomic E-state index is -2.63. The average Bonchev–Trinajstić information content (AvgIpc) is 3.52. The van der Waals surface area contributed by atoms with Gasteiger partial charge in [-0.2, -0.15) is 5.10 Å². The Bertz CT molecular complexity index is 1650. The molecule has 9 nitrogen and oxygen atoms in total. The van der Waals surface area contributed by atoms with Gasteiger partial charge in [0, 0.05) is 56.2 Å². The summed E-state index contributed by atoms with van der Waals surface area (Å²) in [5.41, 5.74) is 1.74. The number of fused-ring (bicyclic) bond motifs is 2. The lowest BCUT2D eigenvalue weighted by atomic mass is 9.81. The number of nitrogens with one attached hydrogen (secondary N) is 1. The molecular formula is C29H30F2N4O5. The molecule has 1 aliphatic carbocycles. The van der Waals surface area contributed by atoms with E-state index in [1.807, 2.05) is 6.92 Å². The number of carbonyl (C=O) groups excluding carboxylic acids is 2. The first-order chi connectivity index (χ1) is 18.9. The zero-order chi connectivity index (χ0) is 28.4. The maximum Gasteiger partial charge on any atom is 0.255 e. The van der Waals surface area contributed by atoms with Crippen LogP contribution in [0.4, 0.5) is 8.78 Å². The van der Waals surface area contributed by atoms with Crippen LogP contribution in [-0.2, 0) is 0 Å². The molecule has 1 saturated carbocycles. The number of rotatable bonds is 6. The summed E-state index contributed by atoms with van der Waals surface area (Å²) in [6.07, 6.45) is 3.35. The number of aryl methyl sites for hydroxylation is 2. The number of nitrogens with zero attached hydrogens (tertiary/aromatic N) is 3. The van der Waals surface area contributed by atoms with Gasteiger partial charge in [0.2, 0.25) is 5.92 Å². The van der Waals surface area contributed by atoms with Gasteiger partial charge >= 0.3 is 0 Å². The van der Waals surface area contributed by atoms with Crippen molar-refractivity contribution in [1.82, 2.24) is 19.8 Å². The summed E-state index contributed by atoms with van der Waals surface area (Å²) in [5, 5.41) is 18.0. The molecule has 6 rings (SSSR count). The number of alkyl halides is 2. The molecule has 210 valence electrons. The van der Waals surface area contributed by atoms with Gasteiger partial charge in [-0.3, -0.25) is 9.59 Å². The molecule has 2 aliphatic rings. The lowest BCUT2D eigenvalue weighted by Crippen LogP contribution is -2.42. The third kappa shape index (κ3) is 4.68. The van der Waals surface area contributed by atoms with Gasteiger partial charge in [0.15, 0.2) is 5.75 Å². The Hall–Kier alpha value is -3.99. The molecule has 11 heteroatoms. The normalized spacial score (nSPS) is 20.7. The van der Waals surface area contributed by atoms with E-state index in [0.717, 1.165) is 0 Å². The third-order valence-corrected chi connectivity index (χ3v) is 7.88. The van der Waals surface area contributed by atoms with Crippen molar-refractivity contribution in [3.05, 3.63) is 59.1 Å². The van der Waals surface area contributed by atoms with Gasteiger partial charge in [-0.05, 0) is 50.8 Å². The Kier molecular flexibility index (Phi) is 6.10. The van der Waals surface area contributed by atoms with Crippen molar-refractivity contribution in [2.45, 2.75) is 51.6 Å². The first-order valence-electron chi connectivity index (χ1n) is 13.3. The predicted molar refractivity (Wildman–Crippen MR) is 142 cm³/mol. The van der Waals surface area contributed by atoms with Crippen molar-refractivity contribution in [1.29, 1.82) is 0 Å². The number of hydrogen-bond acceptors (Lipinski definition) is 6. The second-order valence-corrected chi connectivity index (χ2v) is 11.3. The van der Waals surface area contributed by atoms with Gasteiger partial charge in [-0.1, -0.05) is 0 Å². The largest absolute Gasteiger partial charge is 0.460 e. The van der Waals surface area contributed by atoms with Crippen LogP contribution in [0.5, 0.6) is 11.5 Å². The molecule has 0 spiro atoms. The molecule has 1 aliphatic heterocycles. The Labute approximate surface area is 228 Å². The van der Waals surface area contributed by atoms with Gasteiger partial charge in [0.05, 0.1) is 22.9 Å². The van der Waals surface area contributed by atoms with Crippen LogP contribution >= 0.6 is 0 Å². The number of aromatic nitrogens is 2. The molecule has 1 saturated heterocycles. The zero-order valence-electron chi connectivity index (χ0n) is 22.5. The van der Waals surface area contributed by atoms with Gasteiger partial charge in [0.25, 0.3) is 11.8 Å². The number of likely N-dealkylation sites (tertiary alicyclic amines) is 1. The Morgan fingerprint density at radius 2 is 2.02 bits per heavy atom. The van der Waals surface area contributed by atoms with Crippen LogP contribution in [0.15, 0.2) is 41.1 Å². The van der Waals surface area contributed by atoms with Crippen LogP contribution in [0.2, 0.25) is 0 Å². The fourth-order valence-corrected chi connectivity index (χ4v) is 5.74. The highest BCUT2D eigenvalue weighted by molar-refractivity contribution is 6.07. The fraction of sp³-hybridized carbons (Fsp3) is 0.414. The molecule has 1 aromatic carbocycles. The van der Waals surface area contributed by atoms with E-state index in [0.29, 0.717) is 63.4 Å². The molecule has 2 fully saturated rings. The number of carbonyl (C=O) groups is 2. The summed E-state index contributed by atoms with van der Waals surface area (Å²) in [6.45, 7) is 6.18. The van der Waals surface area contributed by atoms with Crippen LogP contribution in [0.25, 0.3) is 16.5 Å². The number of ether oxygens (including phenoxy) is 1. The summed E-state index contributed by atoms with van der Waals surface area (Å²) in [5.74, 6) is -2.03. The summed E-state index contributed by atoms with van der Waals surface area (Å²) in [6, 6.07) is 6.83. The van der Waals surface area contributed by atoms with E-state index in [1.54, 1.807) is 59.9 Å². The van der Waals surface area contributed by atoms with E-state index in [4.69, 9.17) is 9.15 Å². The molecule has 1 atom stereocenters. The van der Waals surface area contributed by atoms with Gasteiger partial charge in [-0.25, -0.2) is 13.3 Å². The molecule has 0 bridgehead atoms. The van der Waals surface area contributed by atoms with Crippen LogP contribution in [0.3, 0.4) is 0 Å². The van der Waals surface area contributed by atoms with Crippen molar-refractivity contribution >= 4 is 28.3 Å². The average molecular weight is 553 g/mol. The van der Waals surface area contributed by atoms with E-state index < -0.39 is 11.5 Å². The van der Waals surface area contributed by atoms with Gasteiger partial charge in [0.1, 0.15) is 22.6 Å². The lowest BCUT2D eigenvalue weighted by molar-refractivity contribution is -0.108. The Morgan fingerprint density at radius 1 is 1.25 bits per heavy atom. The van der Waals surface area contributed by atoms with E-state index in [9.17, 15) is 23.5 Å². The highest BCUT2D eigenvalue weighted by atomic mass is 19.3. The second kappa shape index (κ2) is 9.29. The summed E-state index contributed by atoms with van der Waals surface area (Å²) in [7, 11) is 0. The van der Waals surface area contributed by atoms with Crippen LogP contribution in [0, 0.1) is 19.8 Å². The van der Waals surface area contributed by atoms with Crippen LogP contribution in [0.1, 0.15) is 58.2 Å². The zero-order valence-corrected chi connectivity index (χ0v) is 22.5. The Balaban J connectivity index is 1.23. The number of β-amino-alcohol motifs (C(OH)–C–C–N with tert-alkyl or cyclic N) is 1. The molecule has 40 heavy (non-hydrogen) atoms. The number of benzene rings is 1. The highest BCUT2D eigenvalue weighted by Gasteiger charge is 2.45. The topological polar surface area (TPSA) is 109 Å². The van der Waals surface area contributed by atoms with E-state index in [1.165, 1.54) is 0 Å². The van der Waals surface area contributed by atoms with Crippen LogP contribution < -0.4 is 10.1 Å². The second-order valence-electron chi connectivity index (χ2n) is 11.3. The first-order valence-corrected chi connectivity index (χ1v) is 13.3. The first kappa shape index (κ1) is 26.2. The van der Waals surface area contributed by atoms with E-state index in [2.05, 4.69) is 10.4 Å². The number of furan rings is 1. The van der Waals surface area contributed by atoms with Crippen LogP contribution in [-0.4, -0.2) is 62.6 Å². The van der Waals surface area contributed by atoms with Crippen molar-refractivity contribution < 1.29 is 32.6 Å². The maximum atomic E-state index is 13.2. The monoisotopic (exact) mass is 552 g/mol. The number of aliphatic hydroxyl groups is 1. The van der Waals surface area contributed by atoms with Gasteiger partial charge in [-0.15, -0.1) is 0 Å². The Morgan fingerprint density at radius 3 is 2.73 bits per heavy atom.